The van der Waals surface area contributed by atoms with E-state index in [0.717, 1.165) is 44.9 Å². The third kappa shape index (κ3) is 5.13. The average Bonchev–Trinajstić information content (AvgIpc) is 2.60. The van der Waals surface area contributed by atoms with Crippen molar-refractivity contribution in [2.24, 2.45) is 17.3 Å². The van der Waals surface area contributed by atoms with E-state index in [0.29, 0.717) is 11.3 Å². The van der Waals surface area contributed by atoms with Crippen LogP contribution < -0.4 is 5.32 Å². The summed E-state index contributed by atoms with van der Waals surface area (Å²) >= 11 is 0. The zero-order valence-electron chi connectivity index (χ0n) is 13.5. The number of amides is 1. The second-order valence-corrected chi connectivity index (χ2v) is 7.03. The average molecular weight is 268 g/mol. The minimum Gasteiger partial charge on any atom is -0.342 e. The van der Waals surface area contributed by atoms with Gasteiger partial charge in [-0.2, -0.15) is 0 Å². The van der Waals surface area contributed by atoms with Gasteiger partial charge in [-0.1, -0.05) is 34.6 Å². The van der Waals surface area contributed by atoms with Crippen LogP contribution in [0.2, 0.25) is 0 Å². The quantitative estimate of drug-likeness (QED) is 0.850. The van der Waals surface area contributed by atoms with Crippen LogP contribution in [0.1, 0.15) is 53.9 Å². The van der Waals surface area contributed by atoms with Crippen LogP contribution in [0.15, 0.2) is 0 Å². The van der Waals surface area contributed by atoms with Crippen LogP contribution in [0.4, 0.5) is 0 Å². The molecule has 112 valence electrons. The number of rotatable bonds is 4. The monoisotopic (exact) mass is 268 g/mol. The smallest absolute Gasteiger partial charge is 0.226 e. The Labute approximate surface area is 119 Å². The third-order valence-corrected chi connectivity index (χ3v) is 4.39. The molecule has 3 nitrogen and oxygen atoms in total. The Kier molecular flexibility index (Phi) is 6.31. The van der Waals surface area contributed by atoms with Gasteiger partial charge in [0.2, 0.25) is 5.91 Å². The fourth-order valence-corrected chi connectivity index (χ4v) is 2.94. The van der Waals surface area contributed by atoms with Crippen molar-refractivity contribution in [2.45, 2.75) is 53.9 Å². The highest BCUT2D eigenvalue weighted by atomic mass is 16.2. The first-order valence-electron chi connectivity index (χ1n) is 7.85. The highest BCUT2D eigenvalue weighted by Gasteiger charge is 2.29. The van der Waals surface area contributed by atoms with E-state index in [4.69, 9.17) is 0 Å². The Hall–Kier alpha value is -0.570. The van der Waals surface area contributed by atoms with Gasteiger partial charge in [0.05, 0.1) is 0 Å². The number of hydrogen-bond donors (Lipinski definition) is 1. The van der Waals surface area contributed by atoms with E-state index in [1.807, 2.05) is 6.92 Å². The fourth-order valence-electron chi connectivity index (χ4n) is 2.94. The Morgan fingerprint density at radius 3 is 2.58 bits per heavy atom. The predicted molar refractivity (Wildman–Crippen MR) is 81.1 cm³/mol. The Morgan fingerprint density at radius 2 is 2.00 bits per heavy atom. The molecule has 0 aromatic heterocycles. The van der Waals surface area contributed by atoms with Gasteiger partial charge in [0.1, 0.15) is 0 Å². The lowest BCUT2D eigenvalue weighted by atomic mass is 9.77. The van der Waals surface area contributed by atoms with Crippen molar-refractivity contribution in [1.29, 1.82) is 0 Å². The minimum atomic E-state index is 0.103. The van der Waals surface area contributed by atoms with Crippen LogP contribution in [0.5, 0.6) is 0 Å². The first-order chi connectivity index (χ1) is 8.86. The van der Waals surface area contributed by atoms with Gasteiger partial charge >= 0.3 is 0 Å². The van der Waals surface area contributed by atoms with Gasteiger partial charge in [0.25, 0.3) is 0 Å². The molecule has 0 aromatic rings. The van der Waals surface area contributed by atoms with Gasteiger partial charge in [-0.25, -0.2) is 0 Å². The Bertz CT molecular complexity index is 283. The molecule has 1 fully saturated rings. The number of likely N-dealkylation sites (tertiary alicyclic amines) is 1. The van der Waals surface area contributed by atoms with Gasteiger partial charge < -0.3 is 10.2 Å². The molecule has 3 heteroatoms. The normalized spacial score (nSPS) is 23.0. The van der Waals surface area contributed by atoms with Gasteiger partial charge in [0, 0.05) is 25.6 Å². The van der Waals surface area contributed by atoms with Crippen LogP contribution >= 0.6 is 0 Å². The molecule has 0 spiro atoms. The summed E-state index contributed by atoms with van der Waals surface area (Å²) in [5.74, 6) is 1.18. The first-order valence-corrected chi connectivity index (χ1v) is 7.85. The summed E-state index contributed by atoms with van der Waals surface area (Å²) in [5.41, 5.74) is 0.369. The van der Waals surface area contributed by atoms with E-state index >= 15 is 0 Å². The van der Waals surface area contributed by atoms with E-state index in [-0.39, 0.29) is 5.92 Å². The van der Waals surface area contributed by atoms with Gasteiger partial charge in [0.15, 0.2) is 0 Å². The van der Waals surface area contributed by atoms with E-state index in [1.165, 1.54) is 6.42 Å². The summed E-state index contributed by atoms with van der Waals surface area (Å²) < 4.78 is 0. The topological polar surface area (TPSA) is 32.3 Å². The van der Waals surface area contributed by atoms with Crippen molar-refractivity contribution in [2.75, 3.05) is 26.2 Å². The summed E-state index contributed by atoms with van der Waals surface area (Å²) in [5, 5.41) is 3.27. The molecular formula is C16H32N2O. The summed E-state index contributed by atoms with van der Waals surface area (Å²) in [6.07, 6.45) is 3.57. The lowest BCUT2D eigenvalue weighted by molar-refractivity contribution is -0.134. The van der Waals surface area contributed by atoms with Crippen LogP contribution in [0.3, 0.4) is 0 Å². The standard InChI is InChI=1S/C16H32N2O/c1-6-17-12-13(2)15(19)18-10-7-8-14(9-11-18)16(3,4)5/h13-14,17H,6-12H2,1-5H3. The van der Waals surface area contributed by atoms with Crippen LogP contribution in [-0.4, -0.2) is 37.0 Å². The largest absolute Gasteiger partial charge is 0.342 e. The number of carbonyl (C=O) groups is 1. The lowest BCUT2D eigenvalue weighted by Gasteiger charge is -2.30. The van der Waals surface area contributed by atoms with Gasteiger partial charge in [-0.05, 0) is 37.1 Å². The van der Waals surface area contributed by atoms with Crippen molar-refractivity contribution >= 4 is 5.91 Å². The molecule has 19 heavy (non-hydrogen) atoms. The van der Waals surface area contributed by atoms with Crippen molar-refractivity contribution in [1.82, 2.24) is 10.2 Å². The van der Waals surface area contributed by atoms with Crippen LogP contribution in [0.25, 0.3) is 0 Å². The molecule has 0 aliphatic carbocycles. The highest BCUT2D eigenvalue weighted by molar-refractivity contribution is 5.78. The zero-order chi connectivity index (χ0) is 14.5. The highest BCUT2D eigenvalue weighted by Crippen LogP contribution is 2.34. The number of carbonyl (C=O) groups excluding carboxylic acids is 1. The minimum absolute atomic E-state index is 0.103. The second kappa shape index (κ2) is 7.28. The molecule has 1 aliphatic rings. The Morgan fingerprint density at radius 1 is 1.32 bits per heavy atom. The maximum absolute atomic E-state index is 12.4. The van der Waals surface area contributed by atoms with E-state index < -0.39 is 0 Å². The molecule has 1 N–H and O–H groups in total. The predicted octanol–water partition coefficient (Wildman–Crippen LogP) is 2.91. The zero-order valence-corrected chi connectivity index (χ0v) is 13.5. The van der Waals surface area contributed by atoms with E-state index in [1.54, 1.807) is 0 Å². The molecule has 1 aliphatic heterocycles. The van der Waals surface area contributed by atoms with Crippen molar-refractivity contribution < 1.29 is 4.79 Å². The van der Waals surface area contributed by atoms with Crippen molar-refractivity contribution in [3.8, 4) is 0 Å². The summed E-state index contributed by atoms with van der Waals surface area (Å²) in [6, 6.07) is 0. The molecule has 0 radical (unpaired) electrons. The maximum Gasteiger partial charge on any atom is 0.226 e. The van der Waals surface area contributed by atoms with E-state index in [9.17, 15) is 4.79 Å². The van der Waals surface area contributed by atoms with E-state index in [2.05, 4.69) is 37.9 Å². The molecule has 1 heterocycles. The molecule has 1 rings (SSSR count). The van der Waals surface area contributed by atoms with Gasteiger partial charge in [-0.3, -0.25) is 4.79 Å². The number of hydrogen-bond acceptors (Lipinski definition) is 2. The molecular weight excluding hydrogens is 236 g/mol. The van der Waals surface area contributed by atoms with Crippen molar-refractivity contribution in [3.63, 3.8) is 0 Å². The van der Waals surface area contributed by atoms with Crippen LogP contribution in [0, 0.1) is 17.3 Å². The molecule has 0 bridgehead atoms. The molecule has 1 saturated heterocycles. The van der Waals surface area contributed by atoms with Gasteiger partial charge in [-0.15, -0.1) is 0 Å². The summed E-state index contributed by atoms with van der Waals surface area (Å²) in [7, 11) is 0. The fraction of sp³-hybridized carbons (Fsp3) is 0.938. The molecule has 2 unspecified atom stereocenters. The van der Waals surface area contributed by atoms with Crippen molar-refractivity contribution in [3.05, 3.63) is 0 Å². The number of nitrogens with zero attached hydrogens (tertiary/aromatic N) is 1. The third-order valence-electron chi connectivity index (χ3n) is 4.39. The first kappa shape index (κ1) is 16.5. The Balaban J connectivity index is 2.50. The maximum atomic E-state index is 12.4. The lowest BCUT2D eigenvalue weighted by Crippen LogP contribution is -2.39. The molecule has 2 atom stereocenters. The number of nitrogens with one attached hydrogen (secondary N) is 1. The SMILES string of the molecule is CCNCC(C)C(=O)N1CCCC(C(C)(C)C)CC1. The molecule has 0 aromatic carbocycles. The molecule has 1 amide bonds. The summed E-state index contributed by atoms with van der Waals surface area (Å²) in [4.78, 5) is 14.5. The van der Waals surface area contributed by atoms with Crippen LogP contribution in [-0.2, 0) is 4.79 Å². The summed E-state index contributed by atoms with van der Waals surface area (Å²) in [6.45, 7) is 14.7. The second-order valence-electron chi connectivity index (χ2n) is 7.03. The molecule has 0 saturated carbocycles.